The fourth-order valence-electron chi connectivity index (χ4n) is 2.54. The van der Waals surface area contributed by atoms with Crippen LogP contribution in [-0.2, 0) is 12.4 Å². The van der Waals surface area contributed by atoms with Gasteiger partial charge in [0.15, 0.2) is 0 Å². The molecule has 11 heteroatoms. The summed E-state index contributed by atoms with van der Waals surface area (Å²) in [5.74, 6) is -1.12. The lowest BCUT2D eigenvalue weighted by Gasteiger charge is -2.32. The predicted octanol–water partition coefficient (Wildman–Crippen LogP) is 2.99. The maximum Gasteiger partial charge on any atom is 0.416 e. The number of carbonyl (C=O) groups is 1. The highest BCUT2D eigenvalue weighted by molar-refractivity contribution is 5.94. The Balaban J connectivity index is 0.00000338. The van der Waals surface area contributed by atoms with E-state index in [-0.39, 0.29) is 31.6 Å². The number of hydrogen-bond donors (Lipinski definition) is 3. The van der Waals surface area contributed by atoms with Crippen LogP contribution in [0.25, 0.3) is 0 Å². The van der Waals surface area contributed by atoms with Gasteiger partial charge in [-0.3, -0.25) is 4.79 Å². The smallest absolute Gasteiger partial charge is 0.387 e. The van der Waals surface area contributed by atoms with Crippen molar-refractivity contribution in [2.24, 2.45) is 0 Å². The number of aliphatic hydroxyl groups is 1. The van der Waals surface area contributed by atoms with E-state index in [1.165, 1.54) is 0 Å². The lowest BCUT2D eigenvalue weighted by Crippen LogP contribution is -2.52. The van der Waals surface area contributed by atoms with Gasteiger partial charge in [-0.2, -0.15) is 26.3 Å². The summed E-state index contributed by atoms with van der Waals surface area (Å²) in [6.07, 6.45) is -9.06. The summed E-state index contributed by atoms with van der Waals surface area (Å²) >= 11 is 0. The van der Waals surface area contributed by atoms with Crippen molar-refractivity contribution in [2.75, 3.05) is 19.6 Å². The molecule has 1 fully saturated rings. The molecular formula is C15H17ClF6N2O2. The molecule has 0 spiro atoms. The molecular weight excluding hydrogens is 390 g/mol. The first-order valence-electron chi connectivity index (χ1n) is 7.41. The number of nitrogens with one attached hydrogen (secondary N) is 2. The molecule has 1 aliphatic heterocycles. The Bertz CT molecular complexity index is 610. The first kappa shape index (κ1) is 22.5. The Kier molecular flexibility index (Phi) is 6.94. The van der Waals surface area contributed by atoms with Crippen LogP contribution in [0.2, 0.25) is 0 Å². The van der Waals surface area contributed by atoms with Crippen molar-refractivity contribution in [1.29, 1.82) is 0 Å². The molecule has 0 radical (unpaired) electrons. The minimum Gasteiger partial charge on any atom is -0.387 e. The van der Waals surface area contributed by atoms with Crippen molar-refractivity contribution < 1.29 is 36.2 Å². The fourth-order valence-corrected chi connectivity index (χ4v) is 2.54. The Morgan fingerprint density at radius 2 is 1.65 bits per heavy atom. The first-order chi connectivity index (χ1) is 11.4. The third kappa shape index (κ3) is 5.75. The Hall–Kier alpha value is -1.52. The maximum atomic E-state index is 12.8. The maximum absolute atomic E-state index is 12.8. The van der Waals surface area contributed by atoms with Crippen LogP contribution in [0, 0.1) is 0 Å². The first-order valence-corrected chi connectivity index (χ1v) is 7.41. The molecule has 0 aromatic heterocycles. The molecule has 2 rings (SSSR count). The Morgan fingerprint density at radius 3 is 2.08 bits per heavy atom. The Labute approximate surface area is 151 Å². The summed E-state index contributed by atoms with van der Waals surface area (Å²) in [4.78, 5) is 12.0. The number of β-amino-alcohol motifs (C(OH)–C–C–N with tert-alkyl or cyclic N) is 1. The molecule has 1 saturated heterocycles. The van der Waals surface area contributed by atoms with Gasteiger partial charge < -0.3 is 15.7 Å². The summed E-state index contributed by atoms with van der Waals surface area (Å²) in [6, 6.07) is 0.664. The van der Waals surface area contributed by atoms with Gasteiger partial charge in [0, 0.05) is 18.7 Å². The van der Waals surface area contributed by atoms with Crippen molar-refractivity contribution in [3.8, 4) is 0 Å². The second-order valence-corrected chi connectivity index (χ2v) is 5.98. The average molecular weight is 407 g/mol. The highest BCUT2D eigenvalue weighted by Gasteiger charge is 2.38. The van der Waals surface area contributed by atoms with Crippen molar-refractivity contribution in [2.45, 2.75) is 30.8 Å². The summed E-state index contributed by atoms with van der Waals surface area (Å²) in [6.45, 7) is 0.568. The van der Waals surface area contributed by atoms with Crippen LogP contribution >= 0.6 is 12.4 Å². The number of rotatable bonds is 3. The average Bonchev–Trinajstić information content (AvgIpc) is 2.51. The summed E-state index contributed by atoms with van der Waals surface area (Å²) in [5, 5.41) is 15.3. The zero-order valence-electron chi connectivity index (χ0n) is 13.3. The number of piperidine rings is 1. The van der Waals surface area contributed by atoms with Crippen molar-refractivity contribution >= 4 is 18.3 Å². The van der Waals surface area contributed by atoms with Gasteiger partial charge in [-0.25, -0.2) is 0 Å². The zero-order valence-corrected chi connectivity index (χ0v) is 14.1. The third-order valence-corrected chi connectivity index (χ3v) is 3.88. The van der Waals surface area contributed by atoms with E-state index in [0.29, 0.717) is 31.5 Å². The SMILES string of the molecule is Cl.O=C(NCC1(O)CCCNC1)c1cc(C(F)(F)F)cc(C(F)(F)F)c1. The van der Waals surface area contributed by atoms with Crippen molar-refractivity contribution in [1.82, 2.24) is 10.6 Å². The van der Waals surface area contributed by atoms with Crippen LogP contribution in [0.3, 0.4) is 0 Å². The molecule has 1 amide bonds. The molecule has 1 aromatic carbocycles. The number of halogens is 7. The molecule has 148 valence electrons. The molecule has 0 saturated carbocycles. The molecule has 26 heavy (non-hydrogen) atoms. The quantitative estimate of drug-likeness (QED) is 0.676. The number of amides is 1. The minimum atomic E-state index is -5.03. The van der Waals surface area contributed by atoms with Gasteiger partial charge >= 0.3 is 12.4 Å². The molecule has 0 bridgehead atoms. The monoisotopic (exact) mass is 406 g/mol. The summed E-state index contributed by atoms with van der Waals surface area (Å²) in [7, 11) is 0. The number of hydrogen-bond acceptors (Lipinski definition) is 3. The number of carbonyl (C=O) groups excluding carboxylic acids is 1. The van der Waals surface area contributed by atoms with Crippen LogP contribution in [0.5, 0.6) is 0 Å². The highest BCUT2D eigenvalue weighted by Crippen LogP contribution is 2.36. The van der Waals surface area contributed by atoms with Gasteiger partial charge in [0.05, 0.1) is 16.7 Å². The minimum absolute atomic E-state index is 0. The molecule has 1 aliphatic rings. The fraction of sp³-hybridized carbons (Fsp3) is 0.533. The van der Waals surface area contributed by atoms with Crippen molar-refractivity contribution in [3.05, 3.63) is 34.9 Å². The van der Waals surface area contributed by atoms with Crippen LogP contribution in [0.4, 0.5) is 26.3 Å². The summed E-state index contributed by atoms with van der Waals surface area (Å²) < 4.78 is 76.7. The van der Waals surface area contributed by atoms with E-state index in [0.717, 1.165) is 0 Å². The summed E-state index contributed by atoms with van der Waals surface area (Å²) in [5.41, 5.74) is -5.19. The van der Waals surface area contributed by atoms with Crippen LogP contribution in [0.1, 0.15) is 34.3 Å². The van der Waals surface area contributed by atoms with Gasteiger partial charge in [-0.1, -0.05) is 0 Å². The molecule has 1 atom stereocenters. The largest absolute Gasteiger partial charge is 0.416 e. The topological polar surface area (TPSA) is 61.4 Å². The van der Waals surface area contributed by atoms with E-state index in [4.69, 9.17) is 0 Å². The highest BCUT2D eigenvalue weighted by atomic mass is 35.5. The molecule has 1 aromatic rings. The second kappa shape index (κ2) is 8.01. The van der Waals surface area contributed by atoms with Gasteiger partial charge in [-0.15, -0.1) is 12.4 Å². The van der Waals surface area contributed by atoms with Gasteiger partial charge in [0.2, 0.25) is 0 Å². The van der Waals surface area contributed by atoms with E-state index in [1.807, 2.05) is 0 Å². The number of benzene rings is 1. The van der Waals surface area contributed by atoms with Gasteiger partial charge in [-0.05, 0) is 37.6 Å². The molecule has 3 N–H and O–H groups in total. The third-order valence-electron chi connectivity index (χ3n) is 3.88. The lowest BCUT2D eigenvalue weighted by atomic mass is 9.94. The lowest BCUT2D eigenvalue weighted by molar-refractivity contribution is -0.143. The predicted molar refractivity (Wildman–Crippen MR) is 83.1 cm³/mol. The molecule has 4 nitrogen and oxygen atoms in total. The van der Waals surface area contributed by atoms with Crippen LogP contribution < -0.4 is 10.6 Å². The van der Waals surface area contributed by atoms with E-state index in [2.05, 4.69) is 10.6 Å². The normalized spacial score (nSPS) is 21.0. The Morgan fingerprint density at radius 1 is 1.12 bits per heavy atom. The van der Waals surface area contributed by atoms with Gasteiger partial charge in [0.25, 0.3) is 5.91 Å². The van der Waals surface area contributed by atoms with Crippen LogP contribution in [0.15, 0.2) is 18.2 Å². The van der Waals surface area contributed by atoms with Crippen molar-refractivity contribution in [3.63, 3.8) is 0 Å². The molecule has 1 heterocycles. The van der Waals surface area contributed by atoms with E-state index in [9.17, 15) is 36.2 Å². The van der Waals surface area contributed by atoms with Gasteiger partial charge in [0.1, 0.15) is 0 Å². The zero-order chi connectivity index (χ0) is 18.9. The number of alkyl halides is 6. The standard InChI is InChI=1S/C15H16F6N2O2.ClH/c16-14(17,18)10-4-9(5-11(6-10)15(19,20)21)12(24)23-8-13(25)2-1-3-22-7-13;/h4-6,22,25H,1-3,7-8H2,(H,23,24);1H. The molecule has 0 aliphatic carbocycles. The molecule has 1 unspecified atom stereocenters. The van der Waals surface area contributed by atoms with E-state index in [1.54, 1.807) is 0 Å². The van der Waals surface area contributed by atoms with E-state index < -0.39 is 40.6 Å². The van der Waals surface area contributed by atoms with Crippen LogP contribution in [-0.4, -0.2) is 36.2 Å². The second-order valence-electron chi connectivity index (χ2n) is 5.98. The van der Waals surface area contributed by atoms with E-state index >= 15 is 0 Å².